The molecule has 0 aromatic heterocycles. The summed E-state index contributed by atoms with van der Waals surface area (Å²) in [6, 6.07) is 7.88. The fourth-order valence-corrected chi connectivity index (χ4v) is 3.21. The highest BCUT2D eigenvalue weighted by Crippen LogP contribution is 2.39. The van der Waals surface area contributed by atoms with Crippen LogP contribution < -0.4 is 9.64 Å². The summed E-state index contributed by atoms with van der Waals surface area (Å²) in [5.74, 6) is 0.683. The molecule has 0 radical (unpaired) electrons. The van der Waals surface area contributed by atoms with Crippen LogP contribution in [-0.2, 0) is 9.59 Å². The Kier molecular flexibility index (Phi) is 5.40. The molecule has 6 nitrogen and oxygen atoms in total. The molecule has 28 heavy (non-hydrogen) atoms. The molecule has 2 heterocycles. The number of nitrogens with zero attached hydrogens (tertiary/aromatic N) is 3. The van der Waals surface area contributed by atoms with E-state index in [1.807, 2.05) is 45.0 Å². The fourth-order valence-electron chi connectivity index (χ4n) is 3.21. The Bertz CT molecular complexity index is 891. The number of hydrogen-bond donors (Lipinski definition) is 0. The van der Waals surface area contributed by atoms with Crippen LogP contribution in [0, 0.1) is 5.41 Å². The number of carbonyl (C=O) groups is 2. The second-order valence-electron chi connectivity index (χ2n) is 7.99. The number of amides is 2. The van der Waals surface area contributed by atoms with Gasteiger partial charge in [-0.2, -0.15) is 10.1 Å². The van der Waals surface area contributed by atoms with Crippen molar-refractivity contribution in [3.63, 3.8) is 0 Å². The van der Waals surface area contributed by atoms with E-state index in [4.69, 9.17) is 4.74 Å². The number of benzene rings is 1. The van der Waals surface area contributed by atoms with Gasteiger partial charge >= 0.3 is 0 Å². The van der Waals surface area contributed by atoms with Gasteiger partial charge in [-0.1, -0.05) is 46.2 Å². The van der Waals surface area contributed by atoms with Crippen LogP contribution in [0.25, 0.3) is 0 Å². The Hall–Kier alpha value is -2.89. The molecule has 0 atom stereocenters. The van der Waals surface area contributed by atoms with Crippen LogP contribution in [0.3, 0.4) is 0 Å². The van der Waals surface area contributed by atoms with E-state index in [1.54, 1.807) is 12.2 Å². The van der Waals surface area contributed by atoms with Crippen molar-refractivity contribution < 1.29 is 14.3 Å². The standard InChI is InChI=1S/C22H27N3O3/c1-6-7-14-24-17-10-8-9-11-18(17)28-19(24)13-12-16-20(22(3,4)5)23-25(15(2)26)21(16)27/h8-13H,6-7,14H2,1-5H3/b16-12+,19-13+. The minimum Gasteiger partial charge on any atom is -0.439 e. The summed E-state index contributed by atoms with van der Waals surface area (Å²) in [5.41, 5.74) is 1.67. The molecule has 2 amide bonds. The van der Waals surface area contributed by atoms with E-state index in [-0.39, 0.29) is 5.41 Å². The maximum absolute atomic E-state index is 12.7. The highest BCUT2D eigenvalue weighted by atomic mass is 16.5. The van der Waals surface area contributed by atoms with Crippen LogP contribution >= 0.6 is 0 Å². The fraction of sp³-hybridized carbons (Fsp3) is 0.409. The SMILES string of the molecule is CCCCN1/C(=C\C=C2\C(=O)N(C(C)=O)N=C2C(C)(C)C)Oc2ccccc21. The van der Waals surface area contributed by atoms with Gasteiger partial charge in [-0.25, -0.2) is 0 Å². The van der Waals surface area contributed by atoms with Gasteiger partial charge in [0.1, 0.15) is 0 Å². The Morgan fingerprint density at radius 3 is 2.57 bits per heavy atom. The van der Waals surface area contributed by atoms with Gasteiger partial charge in [0, 0.05) is 18.9 Å². The summed E-state index contributed by atoms with van der Waals surface area (Å²) >= 11 is 0. The smallest absolute Gasteiger partial charge is 0.283 e. The molecule has 0 saturated carbocycles. The van der Waals surface area contributed by atoms with Crippen molar-refractivity contribution in [2.45, 2.75) is 47.5 Å². The second kappa shape index (κ2) is 7.62. The van der Waals surface area contributed by atoms with Crippen LogP contribution in [0.5, 0.6) is 5.75 Å². The summed E-state index contributed by atoms with van der Waals surface area (Å²) in [6.45, 7) is 10.2. The van der Waals surface area contributed by atoms with Crippen molar-refractivity contribution in [2.75, 3.05) is 11.4 Å². The zero-order valence-corrected chi connectivity index (χ0v) is 17.2. The Labute approximate surface area is 166 Å². The zero-order valence-electron chi connectivity index (χ0n) is 17.2. The Morgan fingerprint density at radius 2 is 1.93 bits per heavy atom. The molecule has 0 fully saturated rings. The largest absolute Gasteiger partial charge is 0.439 e. The average Bonchev–Trinajstić information content (AvgIpc) is 3.15. The predicted octanol–water partition coefficient (Wildman–Crippen LogP) is 4.24. The van der Waals surface area contributed by atoms with E-state index >= 15 is 0 Å². The van der Waals surface area contributed by atoms with Gasteiger partial charge in [-0.05, 0) is 30.7 Å². The van der Waals surface area contributed by atoms with E-state index in [0.29, 0.717) is 17.2 Å². The molecule has 0 bridgehead atoms. The monoisotopic (exact) mass is 381 g/mol. The lowest BCUT2D eigenvalue weighted by Crippen LogP contribution is -2.27. The first-order valence-corrected chi connectivity index (χ1v) is 9.65. The van der Waals surface area contributed by atoms with Crippen molar-refractivity contribution in [3.05, 3.63) is 47.9 Å². The molecule has 148 valence electrons. The number of carbonyl (C=O) groups excluding carboxylic acids is 2. The van der Waals surface area contributed by atoms with Crippen molar-refractivity contribution in [1.82, 2.24) is 5.01 Å². The minimum atomic E-state index is -0.398. The van der Waals surface area contributed by atoms with Gasteiger partial charge in [0.15, 0.2) is 5.75 Å². The van der Waals surface area contributed by atoms with Gasteiger partial charge in [-0.3, -0.25) is 9.59 Å². The van der Waals surface area contributed by atoms with Crippen LogP contribution in [0.15, 0.2) is 53.0 Å². The predicted molar refractivity (Wildman–Crippen MR) is 110 cm³/mol. The molecule has 2 aliphatic heterocycles. The summed E-state index contributed by atoms with van der Waals surface area (Å²) < 4.78 is 6.02. The third kappa shape index (κ3) is 3.72. The first-order valence-electron chi connectivity index (χ1n) is 9.65. The molecular weight excluding hydrogens is 354 g/mol. The Balaban J connectivity index is 1.98. The number of anilines is 1. The number of ether oxygens (including phenoxy) is 1. The quantitative estimate of drug-likeness (QED) is 0.732. The van der Waals surface area contributed by atoms with Gasteiger partial charge in [0.05, 0.1) is 17.0 Å². The van der Waals surface area contributed by atoms with Crippen LogP contribution in [0.4, 0.5) is 5.69 Å². The Morgan fingerprint density at radius 1 is 1.21 bits per heavy atom. The summed E-state index contributed by atoms with van der Waals surface area (Å²) in [6.07, 6.45) is 5.61. The average molecular weight is 381 g/mol. The number of allylic oxidation sites excluding steroid dienone is 2. The molecule has 0 saturated heterocycles. The molecule has 1 aromatic carbocycles. The molecule has 2 aliphatic rings. The first kappa shape index (κ1) is 19.9. The zero-order chi connectivity index (χ0) is 20.5. The number of fused-ring (bicyclic) bond motifs is 1. The van der Waals surface area contributed by atoms with Gasteiger partial charge in [0.25, 0.3) is 5.91 Å². The van der Waals surface area contributed by atoms with Gasteiger partial charge in [0.2, 0.25) is 11.8 Å². The highest BCUT2D eigenvalue weighted by molar-refractivity contribution is 6.29. The number of para-hydroxylation sites is 2. The summed E-state index contributed by atoms with van der Waals surface area (Å²) in [4.78, 5) is 26.6. The van der Waals surface area contributed by atoms with E-state index < -0.39 is 11.8 Å². The molecular formula is C22H27N3O3. The van der Waals surface area contributed by atoms with Gasteiger partial charge in [-0.15, -0.1) is 0 Å². The van der Waals surface area contributed by atoms with E-state index in [2.05, 4.69) is 16.9 Å². The van der Waals surface area contributed by atoms with E-state index in [0.717, 1.165) is 35.8 Å². The number of unbranched alkanes of at least 4 members (excludes halogenated alkanes) is 1. The maximum atomic E-state index is 12.7. The topological polar surface area (TPSA) is 62.2 Å². The normalized spacial score (nSPS) is 19.3. The van der Waals surface area contributed by atoms with Crippen molar-refractivity contribution >= 4 is 23.2 Å². The van der Waals surface area contributed by atoms with E-state index in [1.165, 1.54) is 6.92 Å². The number of hydrazone groups is 1. The molecule has 6 heteroatoms. The summed E-state index contributed by atoms with van der Waals surface area (Å²) in [7, 11) is 0. The lowest BCUT2D eigenvalue weighted by atomic mass is 9.85. The molecule has 0 unspecified atom stereocenters. The molecule has 0 N–H and O–H groups in total. The third-order valence-corrected chi connectivity index (χ3v) is 4.65. The molecule has 0 spiro atoms. The molecule has 0 aliphatic carbocycles. The number of hydrogen-bond acceptors (Lipinski definition) is 5. The lowest BCUT2D eigenvalue weighted by molar-refractivity contribution is -0.139. The lowest BCUT2D eigenvalue weighted by Gasteiger charge is -2.18. The minimum absolute atomic E-state index is 0.369. The van der Waals surface area contributed by atoms with Crippen LogP contribution in [0.1, 0.15) is 47.5 Å². The highest BCUT2D eigenvalue weighted by Gasteiger charge is 2.38. The third-order valence-electron chi connectivity index (χ3n) is 4.65. The van der Waals surface area contributed by atoms with E-state index in [9.17, 15) is 9.59 Å². The summed E-state index contributed by atoms with van der Waals surface area (Å²) in [5, 5.41) is 5.21. The first-order chi connectivity index (χ1) is 13.2. The van der Waals surface area contributed by atoms with Gasteiger partial charge < -0.3 is 9.64 Å². The number of rotatable bonds is 4. The molecule has 3 rings (SSSR count). The van der Waals surface area contributed by atoms with Crippen molar-refractivity contribution in [1.29, 1.82) is 0 Å². The van der Waals surface area contributed by atoms with Crippen LogP contribution in [-0.4, -0.2) is 29.1 Å². The maximum Gasteiger partial charge on any atom is 0.283 e. The van der Waals surface area contributed by atoms with Crippen molar-refractivity contribution in [3.8, 4) is 5.75 Å². The molecule has 1 aromatic rings. The second-order valence-corrected chi connectivity index (χ2v) is 7.99. The van der Waals surface area contributed by atoms with Crippen molar-refractivity contribution in [2.24, 2.45) is 10.5 Å². The number of imide groups is 1. The van der Waals surface area contributed by atoms with Crippen LogP contribution in [0.2, 0.25) is 0 Å².